The SMILES string of the molecule is CN(CC1CCCN1c1cccnn1)c1cc(Cl)c(C(F)(F)F)cc1[N+](=O)[O-]. The third kappa shape index (κ3) is 4.11. The third-order valence-corrected chi connectivity index (χ3v) is 5.00. The van der Waals surface area contributed by atoms with Crippen LogP contribution in [0, 0.1) is 10.1 Å². The maximum atomic E-state index is 13.1. The number of hydrogen-bond acceptors (Lipinski definition) is 6. The molecular weight excluding hydrogens is 399 g/mol. The number of nitro groups is 1. The first-order chi connectivity index (χ1) is 13.2. The third-order valence-electron chi connectivity index (χ3n) is 4.69. The summed E-state index contributed by atoms with van der Waals surface area (Å²) in [6.07, 6.45) is -1.48. The van der Waals surface area contributed by atoms with Gasteiger partial charge in [0.05, 0.1) is 15.5 Å². The van der Waals surface area contributed by atoms with E-state index in [1.54, 1.807) is 24.2 Å². The number of nitro benzene ring substituents is 1. The van der Waals surface area contributed by atoms with Gasteiger partial charge >= 0.3 is 6.18 Å². The fraction of sp³-hybridized carbons (Fsp3) is 0.412. The zero-order valence-electron chi connectivity index (χ0n) is 14.9. The summed E-state index contributed by atoms with van der Waals surface area (Å²) >= 11 is 5.78. The van der Waals surface area contributed by atoms with Crippen LogP contribution >= 0.6 is 11.6 Å². The van der Waals surface area contributed by atoms with E-state index in [0.29, 0.717) is 18.4 Å². The van der Waals surface area contributed by atoms with Crippen molar-refractivity contribution >= 4 is 28.8 Å². The Morgan fingerprint density at radius 2 is 2.18 bits per heavy atom. The van der Waals surface area contributed by atoms with Gasteiger partial charge in [-0.25, -0.2) is 0 Å². The zero-order valence-corrected chi connectivity index (χ0v) is 15.6. The topological polar surface area (TPSA) is 75.4 Å². The van der Waals surface area contributed by atoms with Gasteiger partial charge in [0, 0.05) is 38.4 Å². The van der Waals surface area contributed by atoms with E-state index in [0.717, 1.165) is 25.5 Å². The average molecular weight is 416 g/mol. The molecule has 1 aliphatic heterocycles. The Kier molecular flexibility index (Phi) is 5.59. The second-order valence-electron chi connectivity index (χ2n) is 6.53. The molecule has 1 saturated heterocycles. The largest absolute Gasteiger partial charge is 0.418 e. The lowest BCUT2D eigenvalue weighted by Crippen LogP contribution is -2.39. The minimum atomic E-state index is -4.77. The maximum Gasteiger partial charge on any atom is 0.418 e. The summed E-state index contributed by atoms with van der Waals surface area (Å²) in [7, 11) is 1.60. The van der Waals surface area contributed by atoms with Crippen molar-refractivity contribution in [2.75, 3.05) is 29.9 Å². The highest BCUT2D eigenvalue weighted by Crippen LogP contribution is 2.41. The van der Waals surface area contributed by atoms with Crippen LogP contribution in [0.1, 0.15) is 18.4 Å². The summed E-state index contributed by atoms with van der Waals surface area (Å²) in [6, 6.07) is 5.07. The van der Waals surface area contributed by atoms with Gasteiger partial charge in [-0.1, -0.05) is 11.6 Å². The highest BCUT2D eigenvalue weighted by molar-refractivity contribution is 6.31. The van der Waals surface area contributed by atoms with E-state index < -0.39 is 27.4 Å². The summed E-state index contributed by atoms with van der Waals surface area (Å²) < 4.78 is 39.2. The Morgan fingerprint density at radius 3 is 2.79 bits per heavy atom. The van der Waals surface area contributed by atoms with Crippen molar-refractivity contribution < 1.29 is 18.1 Å². The van der Waals surface area contributed by atoms with Crippen LogP contribution in [0.3, 0.4) is 0 Å². The van der Waals surface area contributed by atoms with E-state index in [-0.39, 0.29) is 11.7 Å². The fourth-order valence-electron chi connectivity index (χ4n) is 3.41. The van der Waals surface area contributed by atoms with Gasteiger partial charge in [0.25, 0.3) is 5.69 Å². The van der Waals surface area contributed by atoms with E-state index in [1.165, 1.54) is 0 Å². The van der Waals surface area contributed by atoms with Crippen molar-refractivity contribution in [1.82, 2.24) is 10.2 Å². The van der Waals surface area contributed by atoms with Crippen LogP contribution in [0.15, 0.2) is 30.5 Å². The van der Waals surface area contributed by atoms with Crippen LogP contribution in [-0.2, 0) is 6.18 Å². The van der Waals surface area contributed by atoms with E-state index in [1.807, 2.05) is 11.0 Å². The molecule has 150 valence electrons. The second-order valence-corrected chi connectivity index (χ2v) is 6.93. The van der Waals surface area contributed by atoms with Crippen LogP contribution in [-0.4, -0.2) is 41.3 Å². The van der Waals surface area contributed by atoms with Crippen LogP contribution in [0.25, 0.3) is 0 Å². The van der Waals surface area contributed by atoms with Crippen LogP contribution < -0.4 is 9.80 Å². The fourth-order valence-corrected chi connectivity index (χ4v) is 3.67. The number of hydrogen-bond donors (Lipinski definition) is 0. The molecule has 1 aromatic carbocycles. The van der Waals surface area contributed by atoms with E-state index >= 15 is 0 Å². The van der Waals surface area contributed by atoms with Crippen molar-refractivity contribution in [2.45, 2.75) is 25.1 Å². The minimum absolute atomic E-state index is 0.0117. The molecule has 1 aromatic heterocycles. The normalized spacial score (nSPS) is 17.0. The summed E-state index contributed by atoms with van der Waals surface area (Å²) in [4.78, 5) is 14.2. The van der Waals surface area contributed by atoms with Crippen LogP contribution in [0.2, 0.25) is 5.02 Å². The molecular formula is C17H17ClF3N5O2. The van der Waals surface area contributed by atoms with Gasteiger partial charge in [0.1, 0.15) is 5.69 Å². The highest BCUT2D eigenvalue weighted by atomic mass is 35.5. The predicted molar refractivity (Wildman–Crippen MR) is 98.8 cm³/mol. The molecule has 0 radical (unpaired) electrons. The molecule has 7 nitrogen and oxygen atoms in total. The molecule has 0 aliphatic carbocycles. The number of anilines is 2. The first-order valence-corrected chi connectivity index (χ1v) is 8.87. The average Bonchev–Trinajstić information content (AvgIpc) is 3.09. The molecule has 2 aromatic rings. The molecule has 1 unspecified atom stereocenters. The van der Waals surface area contributed by atoms with E-state index in [2.05, 4.69) is 10.2 Å². The van der Waals surface area contributed by atoms with Gasteiger partial charge in [-0.2, -0.15) is 18.3 Å². The number of likely N-dealkylation sites (N-methyl/N-ethyl adjacent to an activating group) is 1. The van der Waals surface area contributed by atoms with Crippen molar-refractivity contribution in [1.29, 1.82) is 0 Å². The monoisotopic (exact) mass is 415 g/mol. The summed E-state index contributed by atoms with van der Waals surface area (Å²) in [5.41, 5.74) is -1.82. The Morgan fingerprint density at radius 1 is 1.43 bits per heavy atom. The second kappa shape index (κ2) is 7.78. The Labute approximate surface area is 163 Å². The molecule has 11 heteroatoms. The number of rotatable bonds is 5. The standard InChI is InChI=1S/C17H17ClF3N5O2/c1-24(10-11-4-3-7-25(11)16-5-2-6-22-23-16)14-9-13(18)12(17(19,20)21)8-15(14)26(27)28/h2,5-6,8-9,11H,3-4,7,10H2,1H3. The lowest BCUT2D eigenvalue weighted by Gasteiger charge is -2.30. The molecule has 1 aliphatic rings. The summed E-state index contributed by atoms with van der Waals surface area (Å²) in [6.45, 7) is 1.12. The summed E-state index contributed by atoms with van der Waals surface area (Å²) in [5.74, 6) is 0.693. The van der Waals surface area contributed by atoms with Crippen LogP contribution in [0.5, 0.6) is 0 Å². The zero-order chi connectivity index (χ0) is 20.5. The summed E-state index contributed by atoms with van der Waals surface area (Å²) in [5, 5.41) is 18.8. The Bertz CT molecular complexity index is 866. The number of aromatic nitrogens is 2. The lowest BCUT2D eigenvalue weighted by atomic mass is 10.1. The molecule has 0 amide bonds. The Hall–Kier alpha value is -2.62. The molecule has 3 rings (SSSR count). The van der Waals surface area contributed by atoms with Crippen molar-refractivity contribution in [3.63, 3.8) is 0 Å². The first kappa shape index (κ1) is 20.1. The van der Waals surface area contributed by atoms with Gasteiger partial charge in [-0.05, 0) is 31.0 Å². The molecule has 28 heavy (non-hydrogen) atoms. The quantitative estimate of drug-likeness (QED) is 0.539. The molecule has 0 spiro atoms. The lowest BCUT2D eigenvalue weighted by molar-refractivity contribution is -0.384. The highest BCUT2D eigenvalue weighted by Gasteiger charge is 2.37. The van der Waals surface area contributed by atoms with E-state index in [4.69, 9.17) is 11.6 Å². The van der Waals surface area contributed by atoms with Crippen LogP contribution in [0.4, 0.5) is 30.4 Å². The van der Waals surface area contributed by atoms with Crippen molar-refractivity contribution in [3.8, 4) is 0 Å². The number of benzene rings is 1. The van der Waals surface area contributed by atoms with Crippen molar-refractivity contribution in [2.24, 2.45) is 0 Å². The van der Waals surface area contributed by atoms with E-state index in [9.17, 15) is 23.3 Å². The van der Waals surface area contributed by atoms with Gasteiger partial charge in [-0.15, -0.1) is 5.10 Å². The molecule has 0 N–H and O–H groups in total. The molecule has 1 atom stereocenters. The number of alkyl halides is 3. The van der Waals surface area contributed by atoms with Gasteiger partial charge < -0.3 is 9.80 Å². The minimum Gasteiger partial charge on any atom is -0.367 e. The molecule has 0 bridgehead atoms. The molecule has 0 saturated carbocycles. The number of nitrogens with zero attached hydrogens (tertiary/aromatic N) is 5. The maximum absolute atomic E-state index is 13.1. The number of halogens is 4. The Balaban J connectivity index is 1.89. The molecule has 1 fully saturated rings. The van der Waals surface area contributed by atoms with Crippen molar-refractivity contribution in [3.05, 3.63) is 51.2 Å². The van der Waals surface area contributed by atoms with Gasteiger partial charge in [0.15, 0.2) is 5.82 Å². The van der Waals surface area contributed by atoms with Gasteiger partial charge in [-0.3, -0.25) is 10.1 Å². The van der Waals surface area contributed by atoms with Gasteiger partial charge in [0.2, 0.25) is 0 Å². The molecule has 2 heterocycles. The smallest absolute Gasteiger partial charge is 0.367 e. The first-order valence-electron chi connectivity index (χ1n) is 8.49. The predicted octanol–water partition coefficient (Wildman–Crippen LogP) is 4.16.